The molecule has 0 bridgehead atoms. The van der Waals surface area contributed by atoms with Gasteiger partial charge in [0.1, 0.15) is 0 Å². The molecule has 0 aliphatic carbocycles. The third kappa shape index (κ3) is 2.20. The summed E-state index contributed by atoms with van der Waals surface area (Å²) < 4.78 is 5.25. The zero-order chi connectivity index (χ0) is 9.84. The number of hydrogen-bond donors (Lipinski definition) is 0. The first-order valence-corrected chi connectivity index (χ1v) is 4.70. The van der Waals surface area contributed by atoms with Gasteiger partial charge >= 0.3 is 0 Å². The Morgan fingerprint density at radius 3 is 2.62 bits per heavy atom. The average Bonchev–Trinajstić information content (AvgIpc) is 2.09. The maximum atomic E-state index is 5.25. The number of aromatic nitrogens is 1. The zero-order valence-corrected chi connectivity index (χ0v) is 8.85. The van der Waals surface area contributed by atoms with E-state index in [1.165, 1.54) is 11.1 Å². The van der Waals surface area contributed by atoms with Gasteiger partial charge < -0.3 is 4.74 Å². The Hall–Kier alpha value is -1.05. The highest BCUT2D eigenvalue weighted by Crippen LogP contribution is 2.21. The third-order valence-corrected chi connectivity index (χ3v) is 2.13. The van der Waals surface area contributed by atoms with E-state index in [2.05, 4.69) is 24.9 Å². The van der Waals surface area contributed by atoms with E-state index in [1.807, 2.05) is 6.92 Å². The van der Waals surface area contributed by atoms with Crippen molar-refractivity contribution >= 4 is 0 Å². The van der Waals surface area contributed by atoms with Crippen molar-refractivity contribution < 1.29 is 4.74 Å². The van der Waals surface area contributed by atoms with Gasteiger partial charge in [0.2, 0.25) is 5.88 Å². The van der Waals surface area contributed by atoms with Crippen molar-refractivity contribution in [1.82, 2.24) is 4.98 Å². The zero-order valence-electron chi connectivity index (χ0n) is 8.85. The number of nitrogens with zero attached hydrogens (tertiary/aromatic N) is 1. The van der Waals surface area contributed by atoms with E-state index in [9.17, 15) is 0 Å². The van der Waals surface area contributed by atoms with Gasteiger partial charge in [0, 0.05) is 11.3 Å². The summed E-state index contributed by atoms with van der Waals surface area (Å²) in [4.78, 5) is 4.35. The van der Waals surface area contributed by atoms with Gasteiger partial charge in [-0.1, -0.05) is 13.3 Å². The predicted octanol–water partition coefficient (Wildman–Crippen LogP) is 2.66. The van der Waals surface area contributed by atoms with Crippen molar-refractivity contribution in [3.8, 4) is 5.88 Å². The maximum absolute atomic E-state index is 5.25. The summed E-state index contributed by atoms with van der Waals surface area (Å²) in [7, 11) is 1.68. The second kappa shape index (κ2) is 4.26. The molecule has 2 nitrogen and oxygen atoms in total. The number of pyridine rings is 1. The van der Waals surface area contributed by atoms with Gasteiger partial charge in [-0.25, -0.2) is 4.98 Å². The standard InChI is InChI=1S/C11H17NO/c1-5-6-10-8(2)7-9(3)12-11(10)13-4/h7H,5-6H2,1-4H3. The topological polar surface area (TPSA) is 22.1 Å². The van der Waals surface area contributed by atoms with Crippen LogP contribution in [-0.2, 0) is 6.42 Å². The number of ether oxygens (including phenoxy) is 1. The Morgan fingerprint density at radius 1 is 1.38 bits per heavy atom. The smallest absolute Gasteiger partial charge is 0.216 e. The molecule has 0 aliphatic heterocycles. The second-order valence-corrected chi connectivity index (χ2v) is 3.32. The number of methoxy groups -OCH3 is 1. The molecule has 0 saturated carbocycles. The fraction of sp³-hybridized carbons (Fsp3) is 0.545. The maximum Gasteiger partial charge on any atom is 0.216 e. The number of rotatable bonds is 3. The largest absolute Gasteiger partial charge is 0.481 e. The minimum atomic E-state index is 0.791. The summed E-state index contributed by atoms with van der Waals surface area (Å²) in [6.07, 6.45) is 2.17. The summed E-state index contributed by atoms with van der Waals surface area (Å²) >= 11 is 0. The van der Waals surface area contributed by atoms with Crippen LogP contribution in [0.3, 0.4) is 0 Å². The molecule has 1 aromatic heterocycles. The van der Waals surface area contributed by atoms with Crippen molar-refractivity contribution in [2.75, 3.05) is 7.11 Å². The molecule has 1 rings (SSSR count). The van der Waals surface area contributed by atoms with Gasteiger partial charge in [-0.15, -0.1) is 0 Å². The molecule has 0 radical (unpaired) electrons. The highest BCUT2D eigenvalue weighted by Gasteiger charge is 2.07. The van der Waals surface area contributed by atoms with Gasteiger partial charge in [-0.2, -0.15) is 0 Å². The molecular formula is C11H17NO. The molecule has 1 aromatic rings. The lowest BCUT2D eigenvalue weighted by molar-refractivity contribution is 0.390. The van der Waals surface area contributed by atoms with Crippen LogP contribution < -0.4 is 4.74 Å². The molecule has 0 unspecified atom stereocenters. The van der Waals surface area contributed by atoms with Crippen LogP contribution in [0.25, 0.3) is 0 Å². The molecule has 0 atom stereocenters. The monoisotopic (exact) mass is 179 g/mol. The predicted molar refractivity (Wildman–Crippen MR) is 54.3 cm³/mol. The van der Waals surface area contributed by atoms with Crippen molar-refractivity contribution in [3.63, 3.8) is 0 Å². The van der Waals surface area contributed by atoms with Crippen LogP contribution >= 0.6 is 0 Å². The molecule has 0 aromatic carbocycles. The Morgan fingerprint density at radius 2 is 2.08 bits per heavy atom. The lowest BCUT2D eigenvalue weighted by Crippen LogP contribution is -1.99. The summed E-state index contributed by atoms with van der Waals surface area (Å²) in [6, 6.07) is 2.10. The molecule has 0 fully saturated rings. The third-order valence-electron chi connectivity index (χ3n) is 2.13. The minimum Gasteiger partial charge on any atom is -0.481 e. The van der Waals surface area contributed by atoms with E-state index in [0.717, 1.165) is 24.4 Å². The summed E-state index contributed by atoms with van der Waals surface area (Å²) in [5, 5.41) is 0. The van der Waals surface area contributed by atoms with Gasteiger partial charge in [0.15, 0.2) is 0 Å². The Bertz CT molecular complexity index is 294. The second-order valence-electron chi connectivity index (χ2n) is 3.32. The normalized spacial score (nSPS) is 10.2. The van der Waals surface area contributed by atoms with Crippen molar-refractivity contribution in [2.45, 2.75) is 33.6 Å². The first kappa shape index (κ1) is 10.0. The van der Waals surface area contributed by atoms with E-state index in [4.69, 9.17) is 4.74 Å². The van der Waals surface area contributed by atoms with Crippen LogP contribution in [0.5, 0.6) is 5.88 Å². The first-order valence-electron chi connectivity index (χ1n) is 4.70. The summed E-state index contributed by atoms with van der Waals surface area (Å²) in [6.45, 7) is 6.27. The number of hydrogen-bond acceptors (Lipinski definition) is 2. The minimum absolute atomic E-state index is 0.791. The molecule has 0 saturated heterocycles. The van der Waals surface area contributed by atoms with Crippen molar-refractivity contribution in [1.29, 1.82) is 0 Å². The van der Waals surface area contributed by atoms with Crippen LogP contribution in [0.4, 0.5) is 0 Å². The van der Waals surface area contributed by atoms with E-state index in [0.29, 0.717) is 0 Å². The van der Waals surface area contributed by atoms with Crippen molar-refractivity contribution in [3.05, 3.63) is 22.9 Å². The fourth-order valence-corrected chi connectivity index (χ4v) is 1.55. The van der Waals surface area contributed by atoms with E-state index < -0.39 is 0 Å². The molecule has 1 heterocycles. The van der Waals surface area contributed by atoms with Crippen LogP contribution in [0.1, 0.15) is 30.2 Å². The molecule has 13 heavy (non-hydrogen) atoms. The van der Waals surface area contributed by atoms with Gasteiger partial charge in [-0.05, 0) is 31.9 Å². The summed E-state index contributed by atoms with van der Waals surface area (Å²) in [5.74, 6) is 0.791. The molecule has 0 aliphatic rings. The van der Waals surface area contributed by atoms with Crippen LogP contribution in [0.2, 0.25) is 0 Å². The van der Waals surface area contributed by atoms with E-state index in [-0.39, 0.29) is 0 Å². The molecular weight excluding hydrogens is 162 g/mol. The molecule has 72 valence electrons. The first-order chi connectivity index (χ1) is 6.19. The highest BCUT2D eigenvalue weighted by molar-refractivity contribution is 5.35. The lowest BCUT2D eigenvalue weighted by atomic mass is 10.1. The molecule has 0 N–H and O–H groups in total. The summed E-state index contributed by atoms with van der Waals surface area (Å²) in [5.41, 5.74) is 3.55. The SMILES string of the molecule is CCCc1c(C)cc(C)nc1OC. The average molecular weight is 179 g/mol. The Labute approximate surface area is 80.0 Å². The lowest BCUT2D eigenvalue weighted by Gasteiger charge is -2.10. The molecule has 0 amide bonds. The fourth-order valence-electron chi connectivity index (χ4n) is 1.55. The van der Waals surface area contributed by atoms with E-state index in [1.54, 1.807) is 7.11 Å². The molecule has 0 spiro atoms. The highest BCUT2D eigenvalue weighted by atomic mass is 16.5. The van der Waals surface area contributed by atoms with Crippen LogP contribution in [0.15, 0.2) is 6.07 Å². The van der Waals surface area contributed by atoms with Crippen LogP contribution in [0, 0.1) is 13.8 Å². The Kier molecular flexibility index (Phi) is 3.29. The number of aryl methyl sites for hydroxylation is 2. The Balaban J connectivity index is 3.13. The quantitative estimate of drug-likeness (QED) is 0.711. The van der Waals surface area contributed by atoms with Crippen LogP contribution in [-0.4, -0.2) is 12.1 Å². The van der Waals surface area contributed by atoms with Gasteiger partial charge in [0.05, 0.1) is 7.11 Å². The van der Waals surface area contributed by atoms with Crippen molar-refractivity contribution in [2.24, 2.45) is 0 Å². The van der Waals surface area contributed by atoms with E-state index >= 15 is 0 Å². The molecule has 2 heteroatoms. The van der Waals surface area contributed by atoms with Gasteiger partial charge in [0.25, 0.3) is 0 Å². The van der Waals surface area contributed by atoms with Gasteiger partial charge in [-0.3, -0.25) is 0 Å².